The highest BCUT2D eigenvalue weighted by molar-refractivity contribution is 7.10. The second kappa shape index (κ2) is 9.01. The Bertz CT molecular complexity index is 778. The topological polar surface area (TPSA) is 61.4 Å². The van der Waals surface area contributed by atoms with Gasteiger partial charge < -0.3 is 10.6 Å². The Morgan fingerprint density at radius 1 is 1.11 bits per heavy atom. The van der Waals surface area contributed by atoms with Crippen molar-refractivity contribution in [3.8, 4) is 0 Å². The first-order valence-electron chi connectivity index (χ1n) is 8.14. The first-order valence-corrected chi connectivity index (χ1v) is 9.02. The molecule has 0 bridgehead atoms. The summed E-state index contributed by atoms with van der Waals surface area (Å²) < 4.78 is 38.9. The zero-order chi connectivity index (χ0) is 20.0. The van der Waals surface area contributed by atoms with Crippen LogP contribution in [0.15, 0.2) is 41.8 Å². The van der Waals surface area contributed by atoms with Crippen molar-refractivity contribution in [1.82, 2.24) is 10.2 Å². The van der Waals surface area contributed by atoms with Crippen LogP contribution in [0.3, 0.4) is 0 Å². The van der Waals surface area contributed by atoms with Gasteiger partial charge in [-0.3, -0.25) is 14.5 Å². The summed E-state index contributed by atoms with van der Waals surface area (Å²) in [6, 6.07) is 8.40. The normalized spacial score (nSPS) is 12.7. The molecule has 5 nitrogen and oxygen atoms in total. The smallest absolute Gasteiger partial charge is 0.348 e. The van der Waals surface area contributed by atoms with Gasteiger partial charge in [0, 0.05) is 4.88 Å². The van der Waals surface area contributed by atoms with E-state index in [-0.39, 0.29) is 30.7 Å². The van der Waals surface area contributed by atoms with E-state index in [9.17, 15) is 22.8 Å². The molecule has 1 heterocycles. The lowest BCUT2D eigenvalue weighted by Crippen LogP contribution is -2.39. The van der Waals surface area contributed by atoms with E-state index in [0.717, 1.165) is 10.9 Å². The highest BCUT2D eigenvalue weighted by atomic mass is 32.1. The number of amides is 2. The van der Waals surface area contributed by atoms with Crippen molar-refractivity contribution in [2.75, 3.05) is 25.5 Å². The summed E-state index contributed by atoms with van der Waals surface area (Å²) in [5.74, 6) is -0.907. The van der Waals surface area contributed by atoms with Crippen LogP contribution in [0.2, 0.25) is 0 Å². The van der Waals surface area contributed by atoms with Gasteiger partial charge in [0.1, 0.15) is 0 Å². The Kier molecular flexibility index (Phi) is 6.98. The summed E-state index contributed by atoms with van der Waals surface area (Å²) in [5.41, 5.74) is -1.22. The number of carbonyl (C=O) groups excluding carboxylic acids is 2. The third-order valence-electron chi connectivity index (χ3n) is 3.68. The minimum absolute atomic E-state index is 0.0515. The largest absolute Gasteiger partial charge is 0.418 e. The number of rotatable bonds is 7. The second-order valence-corrected chi connectivity index (χ2v) is 7.05. The molecule has 0 saturated heterocycles. The lowest BCUT2D eigenvalue weighted by atomic mass is 10.1. The molecule has 9 heteroatoms. The molecule has 0 fully saturated rings. The number of benzene rings is 1. The van der Waals surface area contributed by atoms with E-state index >= 15 is 0 Å². The maximum atomic E-state index is 13.0. The minimum atomic E-state index is -4.56. The predicted molar refractivity (Wildman–Crippen MR) is 98.4 cm³/mol. The molecule has 0 aliphatic carbocycles. The molecular weight excluding hydrogens is 379 g/mol. The predicted octanol–water partition coefficient (Wildman–Crippen LogP) is 3.51. The summed E-state index contributed by atoms with van der Waals surface area (Å²) in [5, 5.41) is 6.98. The van der Waals surface area contributed by atoms with Gasteiger partial charge in [-0.15, -0.1) is 11.3 Å². The van der Waals surface area contributed by atoms with E-state index in [1.165, 1.54) is 34.4 Å². The number of thiophene rings is 1. The number of alkyl halides is 3. The van der Waals surface area contributed by atoms with Crippen LogP contribution in [0.25, 0.3) is 0 Å². The van der Waals surface area contributed by atoms with Crippen molar-refractivity contribution in [2.45, 2.75) is 19.1 Å². The molecule has 2 rings (SSSR count). The van der Waals surface area contributed by atoms with E-state index in [4.69, 9.17) is 0 Å². The van der Waals surface area contributed by atoms with Gasteiger partial charge in [-0.25, -0.2) is 0 Å². The number of hydrogen-bond donors (Lipinski definition) is 2. The van der Waals surface area contributed by atoms with Gasteiger partial charge in [-0.1, -0.05) is 18.2 Å². The summed E-state index contributed by atoms with van der Waals surface area (Å²) in [6.07, 6.45) is -4.56. The van der Waals surface area contributed by atoms with Gasteiger partial charge in [0.2, 0.25) is 11.8 Å². The molecule has 1 unspecified atom stereocenters. The average Bonchev–Trinajstić information content (AvgIpc) is 3.08. The van der Waals surface area contributed by atoms with Gasteiger partial charge >= 0.3 is 6.18 Å². The van der Waals surface area contributed by atoms with Crippen molar-refractivity contribution >= 4 is 28.8 Å². The first-order chi connectivity index (χ1) is 12.7. The van der Waals surface area contributed by atoms with Gasteiger partial charge in [-0.2, -0.15) is 13.2 Å². The van der Waals surface area contributed by atoms with E-state index in [2.05, 4.69) is 10.6 Å². The minimum Gasteiger partial charge on any atom is -0.348 e. The fourth-order valence-electron chi connectivity index (χ4n) is 2.47. The van der Waals surface area contributed by atoms with Gasteiger partial charge in [0.15, 0.2) is 0 Å². The second-order valence-electron chi connectivity index (χ2n) is 6.07. The van der Waals surface area contributed by atoms with Crippen molar-refractivity contribution in [3.05, 3.63) is 52.2 Å². The number of likely N-dealkylation sites (N-methyl/N-ethyl adjacent to an activating group) is 1. The number of carbonyl (C=O) groups is 2. The van der Waals surface area contributed by atoms with Crippen LogP contribution in [-0.4, -0.2) is 36.9 Å². The van der Waals surface area contributed by atoms with Crippen molar-refractivity contribution in [1.29, 1.82) is 0 Å². The van der Waals surface area contributed by atoms with Crippen molar-refractivity contribution in [2.24, 2.45) is 0 Å². The molecule has 0 radical (unpaired) electrons. The Balaban J connectivity index is 1.86. The van der Waals surface area contributed by atoms with Gasteiger partial charge in [0.05, 0.1) is 30.4 Å². The molecule has 0 aliphatic heterocycles. The fourth-order valence-corrected chi connectivity index (χ4v) is 3.21. The van der Waals surface area contributed by atoms with Crippen LogP contribution in [0.5, 0.6) is 0 Å². The monoisotopic (exact) mass is 399 g/mol. The Morgan fingerprint density at radius 3 is 2.41 bits per heavy atom. The molecule has 2 aromatic rings. The maximum absolute atomic E-state index is 13.0. The quantitative estimate of drug-likeness (QED) is 0.749. The van der Waals surface area contributed by atoms with Crippen LogP contribution in [0.4, 0.5) is 18.9 Å². The summed E-state index contributed by atoms with van der Waals surface area (Å²) in [6.45, 7) is 1.58. The van der Waals surface area contributed by atoms with Gasteiger partial charge in [-0.05, 0) is 37.6 Å². The van der Waals surface area contributed by atoms with Gasteiger partial charge in [0.25, 0.3) is 0 Å². The fraction of sp³-hybridized carbons (Fsp3) is 0.333. The molecule has 2 amide bonds. The van der Waals surface area contributed by atoms with E-state index in [0.29, 0.717) is 0 Å². The highest BCUT2D eigenvalue weighted by Crippen LogP contribution is 2.34. The van der Waals surface area contributed by atoms with Crippen molar-refractivity contribution in [3.63, 3.8) is 0 Å². The lowest BCUT2D eigenvalue weighted by molar-refractivity contribution is -0.137. The number of nitrogens with one attached hydrogen (secondary N) is 2. The first kappa shape index (κ1) is 20.9. The Morgan fingerprint density at radius 2 is 1.78 bits per heavy atom. The molecule has 1 aromatic heterocycles. The summed E-state index contributed by atoms with van der Waals surface area (Å²) >= 11 is 1.52. The van der Waals surface area contributed by atoms with Crippen LogP contribution >= 0.6 is 11.3 Å². The number of nitrogens with zero attached hydrogens (tertiary/aromatic N) is 1. The lowest BCUT2D eigenvalue weighted by Gasteiger charge is -2.19. The molecular formula is C18H20F3N3O2S. The van der Waals surface area contributed by atoms with E-state index < -0.39 is 17.6 Å². The third-order valence-corrected chi connectivity index (χ3v) is 4.74. The Hall–Kier alpha value is -2.39. The van der Waals surface area contributed by atoms with E-state index in [1.54, 1.807) is 7.05 Å². The number of halogens is 3. The van der Waals surface area contributed by atoms with Crippen molar-refractivity contribution < 1.29 is 22.8 Å². The zero-order valence-electron chi connectivity index (χ0n) is 14.8. The highest BCUT2D eigenvalue weighted by Gasteiger charge is 2.33. The van der Waals surface area contributed by atoms with Crippen LogP contribution < -0.4 is 10.6 Å². The number of anilines is 1. The molecule has 27 heavy (non-hydrogen) atoms. The summed E-state index contributed by atoms with van der Waals surface area (Å²) in [4.78, 5) is 26.5. The molecule has 0 saturated carbocycles. The van der Waals surface area contributed by atoms with E-state index in [1.807, 2.05) is 24.4 Å². The number of para-hydroxylation sites is 1. The molecule has 0 aliphatic rings. The summed E-state index contributed by atoms with van der Waals surface area (Å²) in [7, 11) is 1.55. The maximum Gasteiger partial charge on any atom is 0.418 e. The van der Waals surface area contributed by atoms with Crippen LogP contribution in [-0.2, 0) is 15.8 Å². The average molecular weight is 399 g/mol. The number of hydrogen-bond acceptors (Lipinski definition) is 4. The molecule has 2 N–H and O–H groups in total. The molecule has 1 aromatic carbocycles. The molecule has 1 atom stereocenters. The zero-order valence-corrected chi connectivity index (χ0v) is 15.7. The van der Waals surface area contributed by atoms with Crippen LogP contribution in [0.1, 0.15) is 23.4 Å². The Labute approximate surface area is 159 Å². The van der Waals surface area contributed by atoms with Crippen LogP contribution in [0, 0.1) is 0 Å². The SMILES string of the molecule is CC(NC(=O)CN(C)CC(=O)Nc1ccccc1C(F)(F)F)c1cccs1. The standard InChI is InChI=1S/C18H20F3N3O2S/c1-12(15-8-5-9-27-15)22-16(25)10-24(2)11-17(26)23-14-7-4-3-6-13(14)18(19,20)21/h3-9,12H,10-11H2,1-2H3,(H,22,25)(H,23,26). The third kappa shape index (κ3) is 6.37. The molecule has 0 spiro atoms. The molecule has 146 valence electrons.